The third-order valence-electron chi connectivity index (χ3n) is 9.01. The molecule has 0 bridgehead atoms. The highest BCUT2D eigenvalue weighted by Gasteiger charge is 2.39. The van der Waals surface area contributed by atoms with Gasteiger partial charge in [0.25, 0.3) is 5.56 Å². The van der Waals surface area contributed by atoms with Crippen molar-refractivity contribution >= 4 is 43.9 Å². The molecule has 2 aromatic carbocycles. The van der Waals surface area contributed by atoms with Gasteiger partial charge in [0.1, 0.15) is 17.9 Å². The number of benzene rings is 2. The Hall–Kier alpha value is -4.36. The fourth-order valence-electron chi connectivity index (χ4n) is 6.51. The lowest BCUT2D eigenvalue weighted by atomic mass is 9.99. The second-order valence-electron chi connectivity index (χ2n) is 12.2. The van der Waals surface area contributed by atoms with Gasteiger partial charge in [-0.15, -0.1) is 0 Å². The molecule has 1 N–H and O–H groups in total. The molecular formula is C33H30ClF2N5O5S. The van der Waals surface area contributed by atoms with Gasteiger partial charge in [-0.05, 0) is 50.0 Å². The van der Waals surface area contributed by atoms with Crippen molar-refractivity contribution in [1.29, 1.82) is 0 Å². The minimum Gasteiger partial charge on any atom is -0.507 e. The number of amides is 1. The van der Waals surface area contributed by atoms with Gasteiger partial charge in [-0.3, -0.25) is 14.2 Å². The van der Waals surface area contributed by atoms with E-state index in [1.807, 2.05) is 0 Å². The lowest BCUT2D eigenvalue weighted by molar-refractivity contribution is -0.126. The number of rotatable bonds is 7. The van der Waals surface area contributed by atoms with Crippen LogP contribution in [0, 0.1) is 11.6 Å². The average Bonchev–Trinajstić information content (AvgIpc) is 3.95. The number of pyridine rings is 1. The highest BCUT2D eigenvalue weighted by Crippen LogP contribution is 2.49. The van der Waals surface area contributed by atoms with Crippen LogP contribution in [0.25, 0.3) is 27.7 Å². The van der Waals surface area contributed by atoms with Gasteiger partial charge in [-0.25, -0.2) is 27.2 Å². The van der Waals surface area contributed by atoms with Crippen LogP contribution in [0.2, 0.25) is 5.02 Å². The van der Waals surface area contributed by atoms with E-state index in [4.69, 9.17) is 11.6 Å². The molecule has 2 aromatic heterocycles. The Morgan fingerprint density at radius 1 is 1.02 bits per heavy atom. The number of phenols is 1. The number of aromatic nitrogens is 3. The Labute approximate surface area is 273 Å². The quantitative estimate of drug-likeness (QED) is 0.268. The van der Waals surface area contributed by atoms with Crippen LogP contribution in [-0.4, -0.2) is 71.3 Å². The van der Waals surface area contributed by atoms with E-state index < -0.39 is 48.8 Å². The van der Waals surface area contributed by atoms with E-state index >= 15 is 8.78 Å². The van der Waals surface area contributed by atoms with Crippen LogP contribution in [0.15, 0.2) is 52.9 Å². The Morgan fingerprint density at radius 2 is 1.64 bits per heavy atom. The maximum absolute atomic E-state index is 17.4. The summed E-state index contributed by atoms with van der Waals surface area (Å²) in [7, 11) is -4.28. The molecule has 0 unspecified atom stereocenters. The maximum atomic E-state index is 17.4. The molecule has 3 aliphatic rings. The number of fused-ring (bicyclic) bond motifs is 1. The van der Waals surface area contributed by atoms with Crippen LogP contribution in [0.1, 0.15) is 48.9 Å². The molecule has 47 heavy (non-hydrogen) atoms. The summed E-state index contributed by atoms with van der Waals surface area (Å²) in [5, 5.41) is 10.4. The number of halogens is 3. The molecule has 1 aliphatic heterocycles. The number of nitrogens with zero attached hydrogens (tertiary/aromatic N) is 5. The van der Waals surface area contributed by atoms with Crippen molar-refractivity contribution in [3.63, 3.8) is 0 Å². The molecule has 10 nitrogen and oxygen atoms in total. The zero-order chi connectivity index (χ0) is 33.4. The number of hydrogen-bond acceptors (Lipinski definition) is 8. The first-order valence-electron chi connectivity index (χ1n) is 15.2. The molecule has 3 fully saturated rings. The van der Waals surface area contributed by atoms with Crippen LogP contribution >= 0.6 is 11.6 Å². The van der Waals surface area contributed by atoms with E-state index in [0.29, 0.717) is 11.4 Å². The first kappa shape index (κ1) is 31.3. The second-order valence-corrected chi connectivity index (χ2v) is 14.6. The molecule has 244 valence electrons. The highest BCUT2D eigenvalue weighted by molar-refractivity contribution is 7.90. The summed E-state index contributed by atoms with van der Waals surface area (Å²) >= 11 is 6.71. The minimum absolute atomic E-state index is 0.0112. The van der Waals surface area contributed by atoms with Gasteiger partial charge in [0.05, 0.1) is 38.9 Å². The molecule has 3 heterocycles. The van der Waals surface area contributed by atoms with Crippen molar-refractivity contribution < 1.29 is 27.1 Å². The van der Waals surface area contributed by atoms with Crippen LogP contribution in [0.5, 0.6) is 5.75 Å². The van der Waals surface area contributed by atoms with Crippen LogP contribution in [-0.2, 0) is 14.6 Å². The SMILES string of the molecule is C=CC(=O)N1CCN(c2c(S(C)(=O)=O)c(=O)n(-c3c(C4CC4)ncnc3C3CC3)c3c(F)c(-c4c(O)cccc4F)c(Cl)cc23)CC1. The van der Waals surface area contributed by atoms with Gasteiger partial charge < -0.3 is 14.9 Å². The summed E-state index contributed by atoms with van der Waals surface area (Å²) in [6.07, 6.45) is 6.59. The molecule has 1 amide bonds. The van der Waals surface area contributed by atoms with Gasteiger partial charge >= 0.3 is 0 Å². The van der Waals surface area contributed by atoms with E-state index in [1.165, 1.54) is 35.5 Å². The standard InChI is InChI=1S/C33H30ClF2N5O5S/c1-3-23(43)39-11-13-40(14-12-39)30-19-15-20(34)24(25-21(35)5-4-6-22(25)42)26(36)29(19)41(33(44)32(30)47(2,45)46)31-27(17-7-8-17)37-16-38-28(31)18-9-10-18/h3-6,15-18,42H,1,7-14H2,2H3. The Morgan fingerprint density at radius 3 is 2.17 bits per heavy atom. The average molecular weight is 682 g/mol. The molecule has 2 aliphatic carbocycles. The highest BCUT2D eigenvalue weighted by atomic mass is 35.5. The topological polar surface area (TPSA) is 126 Å². The van der Waals surface area contributed by atoms with E-state index in [1.54, 1.807) is 4.90 Å². The van der Waals surface area contributed by atoms with Crippen LogP contribution < -0.4 is 10.5 Å². The first-order chi connectivity index (χ1) is 22.4. The summed E-state index contributed by atoms with van der Waals surface area (Å²) in [6, 6.07) is 4.80. The lowest BCUT2D eigenvalue weighted by Crippen LogP contribution is -2.49. The molecule has 7 rings (SSSR count). The zero-order valence-corrected chi connectivity index (χ0v) is 26.9. The van der Waals surface area contributed by atoms with Crippen molar-refractivity contribution in [3.8, 4) is 22.6 Å². The Bertz CT molecular complexity index is 2120. The van der Waals surface area contributed by atoms with Gasteiger partial charge in [-0.2, -0.15) is 0 Å². The van der Waals surface area contributed by atoms with E-state index in [2.05, 4.69) is 16.5 Å². The number of phenolic OH excluding ortho intramolecular Hbond substituents is 1. The van der Waals surface area contributed by atoms with Crippen molar-refractivity contribution in [1.82, 2.24) is 19.4 Å². The third-order valence-corrected chi connectivity index (χ3v) is 10.4. The van der Waals surface area contributed by atoms with Gasteiger partial charge in [0, 0.05) is 55.2 Å². The Balaban J connectivity index is 1.64. The molecule has 1 saturated heterocycles. The molecular weight excluding hydrogens is 652 g/mol. The third kappa shape index (κ3) is 5.25. The van der Waals surface area contributed by atoms with E-state index in [0.717, 1.165) is 42.6 Å². The summed E-state index contributed by atoms with van der Waals surface area (Å²) in [6.45, 7) is 4.12. The number of hydrogen-bond donors (Lipinski definition) is 1. The monoisotopic (exact) mass is 681 g/mol. The minimum atomic E-state index is -4.28. The predicted molar refractivity (Wildman–Crippen MR) is 173 cm³/mol. The predicted octanol–water partition coefficient (Wildman–Crippen LogP) is 5.08. The van der Waals surface area contributed by atoms with E-state index in [9.17, 15) is 23.1 Å². The largest absolute Gasteiger partial charge is 0.507 e. The van der Waals surface area contributed by atoms with Crippen molar-refractivity contribution in [3.05, 3.63) is 81.6 Å². The number of aromatic hydroxyl groups is 1. The number of anilines is 1. The van der Waals surface area contributed by atoms with E-state index in [-0.39, 0.29) is 71.2 Å². The van der Waals surface area contributed by atoms with Crippen LogP contribution in [0.4, 0.5) is 14.5 Å². The Kier molecular flexibility index (Phi) is 7.59. The zero-order valence-electron chi connectivity index (χ0n) is 25.3. The lowest BCUT2D eigenvalue weighted by Gasteiger charge is -2.37. The number of carbonyl (C=O) groups is 1. The molecule has 4 aromatic rings. The number of sulfone groups is 1. The smallest absolute Gasteiger partial charge is 0.276 e. The summed E-state index contributed by atoms with van der Waals surface area (Å²) in [5.74, 6) is -3.05. The normalized spacial score (nSPS) is 16.9. The molecule has 0 radical (unpaired) electrons. The number of piperazine rings is 1. The maximum Gasteiger partial charge on any atom is 0.276 e. The second kappa shape index (κ2) is 11.4. The molecule has 0 atom stereocenters. The van der Waals surface area contributed by atoms with Crippen LogP contribution in [0.3, 0.4) is 0 Å². The van der Waals surface area contributed by atoms with Crippen molar-refractivity contribution in [2.24, 2.45) is 0 Å². The summed E-state index contributed by atoms with van der Waals surface area (Å²) in [4.78, 5) is 38.7. The van der Waals surface area contributed by atoms with Crippen molar-refractivity contribution in [2.45, 2.75) is 42.4 Å². The molecule has 14 heteroatoms. The number of carbonyl (C=O) groups excluding carboxylic acids is 1. The first-order valence-corrected chi connectivity index (χ1v) is 17.5. The fraction of sp³-hybridized carbons (Fsp3) is 0.333. The van der Waals surface area contributed by atoms with Crippen molar-refractivity contribution in [2.75, 3.05) is 37.3 Å². The van der Waals surface area contributed by atoms with Gasteiger partial charge in [-0.1, -0.05) is 24.2 Å². The van der Waals surface area contributed by atoms with Gasteiger partial charge in [0.15, 0.2) is 20.5 Å². The summed E-state index contributed by atoms with van der Waals surface area (Å²) < 4.78 is 60.9. The summed E-state index contributed by atoms with van der Waals surface area (Å²) in [5.41, 5.74) is -1.20. The fourth-order valence-corrected chi connectivity index (χ4v) is 7.80. The molecule has 2 saturated carbocycles. The molecule has 0 spiro atoms. The van der Waals surface area contributed by atoms with Gasteiger partial charge in [0.2, 0.25) is 5.91 Å².